The van der Waals surface area contributed by atoms with Crippen LogP contribution < -0.4 is 10.5 Å². The largest absolute Gasteiger partial charge is 0.260 e. The van der Waals surface area contributed by atoms with Crippen molar-refractivity contribution in [3.8, 4) is 0 Å². The van der Waals surface area contributed by atoms with Crippen molar-refractivity contribution in [3.05, 3.63) is 36.7 Å². The van der Waals surface area contributed by atoms with E-state index in [0.29, 0.717) is 0 Å². The summed E-state index contributed by atoms with van der Waals surface area (Å²) in [5, 5.41) is 0. The average molecular weight is 146 g/mol. The summed E-state index contributed by atoms with van der Waals surface area (Å²) < 4.78 is 1.56. The number of rotatable bonds is 0. The van der Waals surface area contributed by atoms with Crippen LogP contribution in [0.15, 0.2) is 36.7 Å². The Morgan fingerprint density at radius 1 is 1.27 bits per heavy atom. The molecule has 0 aliphatic rings. The van der Waals surface area contributed by atoms with E-state index in [-0.39, 0.29) is 0 Å². The van der Waals surface area contributed by atoms with Crippen LogP contribution in [-0.2, 0) is 0 Å². The fourth-order valence-corrected chi connectivity index (χ4v) is 1.06. The molecule has 0 saturated heterocycles. The number of hydrogen-bond donors (Lipinski definition) is 1. The van der Waals surface area contributed by atoms with Crippen molar-refractivity contribution in [1.29, 1.82) is 0 Å². The van der Waals surface area contributed by atoms with Gasteiger partial charge in [0.15, 0.2) is 6.20 Å². The van der Waals surface area contributed by atoms with Gasteiger partial charge in [-0.05, 0) is 12.1 Å². The number of pyridine rings is 2. The minimum Gasteiger partial charge on any atom is -0.250 e. The van der Waals surface area contributed by atoms with E-state index in [2.05, 4.69) is 4.98 Å². The van der Waals surface area contributed by atoms with E-state index in [0.717, 1.165) is 11.0 Å². The maximum absolute atomic E-state index is 5.63. The third-order valence-electron chi connectivity index (χ3n) is 1.60. The summed E-state index contributed by atoms with van der Waals surface area (Å²) in [6.45, 7) is 0. The van der Waals surface area contributed by atoms with Crippen LogP contribution in [0.3, 0.4) is 0 Å². The van der Waals surface area contributed by atoms with Gasteiger partial charge in [-0.2, -0.15) is 0 Å². The van der Waals surface area contributed by atoms with Crippen LogP contribution in [0.25, 0.3) is 11.0 Å². The van der Waals surface area contributed by atoms with Gasteiger partial charge in [-0.3, -0.25) is 0 Å². The maximum atomic E-state index is 5.63. The van der Waals surface area contributed by atoms with Crippen LogP contribution in [0, 0.1) is 0 Å². The summed E-state index contributed by atoms with van der Waals surface area (Å²) in [7, 11) is 0. The van der Waals surface area contributed by atoms with Crippen molar-refractivity contribution in [2.45, 2.75) is 0 Å². The molecule has 54 valence electrons. The van der Waals surface area contributed by atoms with Crippen molar-refractivity contribution in [3.63, 3.8) is 0 Å². The minimum atomic E-state index is 0.914. The Balaban J connectivity index is 2.91. The molecule has 2 aromatic heterocycles. The third-order valence-corrected chi connectivity index (χ3v) is 1.60. The van der Waals surface area contributed by atoms with E-state index in [1.54, 1.807) is 17.1 Å². The van der Waals surface area contributed by atoms with E-state index >= 15 is 0 Å². The molecule has 0 amide bonds. The van der Waals surface area contributed by atoms with Gasteiger partial charge in [0.25, 0.3) is 5.52 Å². The predicted octanol–water partition coefficient (Wildman–Crippen LogP) is 0.236. The summed E-state index contributed by atoms with van der Waals surface area (Å²) in [5.41, 5.74) is 1.85. The monoisotopic (exact) mass is 146 g/mol. The lowest BCUT2D eigenvalue weighted by atomic mass is 10.3. The zero-order chi connectivity index (χ0) is 7.68. The van der Waals surface area contributed by atoms with Gasteiger partial charge in [0, 0.05) is 18.3 Å². The highest BCUT2D eigenvalue weighted by molar-refractivity contribution is 5.69. The number of nitrogens with two attached hydrogens (primary N) is 1. The first-order valence-corrected chi connectivity index (χ1v) is 3.38. The summed E-state index contributed by atoms with van der Waals surface area (Å²) in [6.07, 6.45) is 3.55. The van der Waals surface area contributed by atoms with Crippen LogP contribution in [-0.4, -0.2) is 4.98 Å². The molecule has 2 aromatic rings. The summed E-state index contributed by atoms with van der Waals surface area (Å²) >= 11 is 0. The van der Waals surface area contributed by atoms with Crippen LogP contribution in [0.2, 0.25) is 0 Å². The lowest BCUT2D eigenvalue weighted by Crippen LogP contribution is -2.44. The predicted molar refractivity (Wildman–Crippen MR) is 42.1 cm³/mol. The number of nitrogens with zero attached hydrogens (tertiary/aromatic N) is 2. The Hall–Kier alpha value is -1.64. The van der Waals surface area contributed by atoms with E-state index in [1.165, 1.54) is 0 Å². The van der Waals surface area contributed by atoms with E-state index in [1.807, 2.05) is 24.3 Å². The minimum absolute atomic E-state index is 0.914. The third kappa shape index (κ3) is 0.902. The fourth-order valence-electron chi connectivity index (χ4n) is 1.06. The normalized spacial score (nSPS) is 10.2. The quantitative estimate of drug-likeness (QED) is 0.427. The molecule has 0 fully saturated rings. The van der Waals surface area contributed by atoms with E-state index in [4.69, 9.17) is 5.84 Å². The summed E-state index contributed by atoms with van der Waals surface area (Å²) in [6, 6.07) is 7.60. The lowest BCUT2D eigenvalue weighted by molar-refractivity contribution is -0.611. The standard InChI is InChI=1S/C8H8N3/c9-11-6-2-3-7-8(11)4-1-5-10-7/h1-6H,9H2/q+1. The molecule has 0 atom stereocenters. The van der Waals surface area contributed by atoms with Gasteiger partial charge in [0.2, 0.25) is 0 Å². The Kier molecular flexibility index (Phi) is 1.22. The highest BCUT2D eigenvalue weighted by atomic mass is 15.3. The lowest BCUT2D eigenvalue weighted by Gasteiger charge is -1.91. The molecular weight excluding hydrogens is 138 g/mol. The number of aromatic nitrogens is 2. The first-order valence-electron chi connectivity index (χ1n) is 3.38. The molecule has 0 aliphatic carbocycles. The van der Waals surface area contributed by atoms with Crippen LogP contribution >= 0.6 is 0 Å². The zero-order valence-electron chi connectivity index (χ0n) is 5.94. The SMILES string of the molecule is N[n+]1cccc2ncccc21. The van der Waals surface area contributed by atoms with Gasteiger partial charge in [0.05, 0.1) is 0 Å². The van der Waals surface area contributed by atoms with Crippen molar-refractivity contribution in [1.82, 2.24) is 4.98 Å². The molecule has 3 heteroatoms. The van der Waals surface area contributed by atoms with E-state index < -0.39 is 0 Å². The molecule has 0 radical (unpaired) electrons. The second-order valence-corrected chi connectivity index (χ2v) is 2.32. The van der Waals surface area contributed by atoms with Crippen LogP contribution in [0.1, 0.15) is 0 Å². The molecule has 2 N–H and O–H groups in total. The molecule has 0 aromatic carbocycles. The number of hydrogen-bond acceptors (Lipinski definition) is 2. The Morgan fingerprint density at radius 3 is 3.00 bits per heavy atom. The van der Waals surface area contributed by atoms with Gasteiger partial charge in [0.1, 0.15) is 5.52 Å². The molecule has 3 nitrogen and oxygen atoms in total. The molecule has 2 rings (SSSR count). The number of nitrogen functional groups attached to an aromatic ring is 1. The Labute approximate surface area is 64.1 Å². The molecular formula is C8H8N3+. The Morgan fingerprint density at radius 2 is 2.18 bits per heavy atom. The first kappa shape index (κ1) is 6.09. The van der Waals surface area contributed by atoms with Crippen LogP contribution in [0.5, 0.6) is 0 Å². The molecule has 0 bridgehead atoms. The first-order chi connectivity index (χ1) is 5.38. The molecule has 0 unspecified atom stereocenters. The highest BCUT2D eigenvalue weighted by Crippen LogP contribution is 2.01. The second-order valence-electron chi connectivity index (χ2n) is 2.32. The molecule has 0 spiro atoms. The van der Waals surface area contributed by atoms with Crippen molar-refractivity contribution >= 4 is 11.0 Å². The van der Waals surface area contributed by atoms with Gasteiger partial charge in [-0.15, -0.1) is 0 Å². The van der Waals surface area contributed by atoms with Crippen molar-refractivity contribution < 1.29 is 4.68 Å². The number of fused-ring (bicyclic) bond motifs is 1. The maximum Gasteiger partial charge on any atom is 0.260 e. The zero-order valence-corrected chi connectivity index (χ0v) is 5.94. The molecule has 0 aliphatic heterocycles. The van der Waals surface area contributed by atoms with Gasteiger partial charge in [-0.25, -0.2) is 10.8 Å². The van der Waals surface area contributed by atoms with Crippen molar-refractivity contribution in [2.24, 2.45) is 0 Å². The molecule has 2 heterocycles. The summed E-state index contributed by atoms with van der Waals surface area (Å²) in [5.74, 6) is 5.63. The fraction of sp³-hybridized carbons (Fsp3) is 0. The smallest absolute Gasteiger partial charge is 0.250 e. The Bertz CT molecular complexity index is 378. The highest BCUT2D eigenvalue weighted by Gasteiger charge is 2.02. The van der Waals surface area contributed by atoms with Crippen molar-refractivity contribution in [2.75, 3.05) is 5.84 Å². The second kappa shape index (κ2) is 2.20. The topological polar surface area (TPSA) is 42.8 Å². The average Bonchev–Trinajstić information content (AvgIpc) is 2.06. The van der Waals surface area contributed by atoms with Crippen LogP contribution in [0.4, 0.5) is 0 Å². The van der Waals surface area contributed by atoms with E-state index in [9.17, 15) is 0 Å². The summed E-state index contributed by atoms with van der Waals surface area (Å²) in [4.78, 5) is 4.14. The molecule has 0 saturated carbocycles. The van der Waals surface area contributed by atoms with Gasteiger partial charge < -0.3 is 0 Å². The van der Waals surface area contributed by atoms with Gasteiger partial charge in [-0.1, -0.05) is 4.68 Å². The van der Waals surface area contributed by atoms with Gasteiger partial charge >= 0.3 is 0 Å². The molecule has 11 heavy (non-hydrogen) atoms.